The van der Waals surface area contributed by atoms with Crippen molar-refractivity contribution in [2.75, 3.05) is 38.7 Å². The predicted octanol–water partition coefficient (Wildman–Crippen LogP) is 2.04. The summed E-state index contributed by atoms with van der Waals surface area (Å²) in [5, 5.41) is 3.20. The van der Waals surface area contributed by atoms with Crippen LogP contribution in [-0.2, 0) is 9.53 Å². The van der Waals surface area contributed by atoms with Crippen LogP contribution in [0.2, 0.25) is 0 Å². The number of amides is 1. The average Bonchev–Trinajstić information content (AvgIpc) is 3.05. The van der Waals surface area contributed by atoms with Gasteiger partial charge in [0.25, 0.3) is 6.01 Å². The first kappa shape index (κ1) is 14.8. The first-order chi connectivity index (χ1) is 10.7. The lowest BCUT2D eigenvalue weighted by Gasteiger charge is -2.15. The SMILES string of the molecule is COCCN1CC(CNc2nc3cc(C)ccc3o2)CC1=O. The molecule has 1 amide bonds. The third-order valence-electron chi connectivity index (χ3n) is 3.94. The zero-order chi connectivity index (χ0) is 15.5. The lowest BCUT2D eigenvalue weighted by molar-refractivity contribution is -0.128. The van der Waals surface area contributed by atoms with Crippen LogP contribution in [0.3, 0.4) is 0 Å². The highest BCUT2D eigenvalue weighted by Gasteiger charge is 2.29. The van der Waals surface area contributed by atoms with Crippen LogP contribution in [0.15, 0.2) is 22.6 Å². The summed E-state index contributed by atoms with van der Waals surface area (Å²) < 4.78 is 10.7. The van der Waals surface area contributed by atoms with E-state index in [1.165, 1.54) is 0 Å². The van der Waals surface area contributed by atoms with Gasteiger partial charge in [-0.05, 0) is 24.6 Å². The summed E-state index contributed by atoms with van der Waals surface area (Å²) in [5.41, 5.74) is 2.78. The van der Waals surface area contributed by atoms with Gasteiger partial charge in [-0.15, -0.1) is 0 Å². The zero-order valence-corrected chi connectivity index (χ0v) is 13.0. The molecule has 1 unspecified atom stereocenters. The molecule has 1 atom stereocenters. The lowest BCUT2D eigenvalue weighted by atomic mass is 10.1. The minimum atomic E-state index is 0.192. The molecule has 1 aliphatic heterocycles. The number of nitrogens with zero attached hydrogens (tertiary/aromatic N) is 2. The number of hydrogen-bond acceptors (Lipinski definition) is 5. The van der Waals surface area contributed by atoms with Crippen molar-refractivity contribution in [1.82, 2.24) is 9.88 Å². The van der Waals surface area contributed by atoms with Crippen LogP contribution in [0.4, 0.5) is 6.01 Å². The number of benzene rings is 1. The number of carbonyl (C=O) groups excluding carboxylic acids is 1. The molecule has 1 fully saturated rings. The van der Waals surface area contributed by atoms with Gasteiger partial charge >= 0.3 is 0 Å². The molecule has 0 radical (unpaired) electrons. The van der Waals surface area contributed by atoms with Crippen LogP contribution in [0.5, 0.6) is 0 Å². The first-order valence-electron chi connectivity index (χ1n) is 7.53. The third-order valence-corrected chi connectivity index (χ3v) is 3.94. The van der Waals surface area contributed by atoms with Gasteiger partial charge in [-0.1, -0.05) is 6.07 Å². The zero-order valence-electron chi connectivity index (χ0n) is 13.0. The minimum Gasteiger partial charge on any atom is -0.424 e. The number of carbonyl (C=O) groups is 1. The van der Waals surface area contributed by atoms with E-state index >= 15 is 0 Å². The van der Waals surface area contributed by atoms with E-state index in [9.17, 15) is 4.79 Å². The van der Waals surface area contributed by atoms with E-state index in [0.717, 1.165) is 23.2 Å². The molecule has 6 heteroatoms. The fourth-order valence-corrected chi connectivity index (χ4v) is 2.75. The number of rotatable bonds is 6. The molecule has 3 rings (SSSR count). The summed E-state index contributed by atoms with van der Waals surface area (Å²) in [7, 11) is 1.65. The molecule has 0 spiro atoms. The van der Waals surface area contributed by atoms with Crippen molar-refractivity contribution in [3.05, 3.63) is 23.8 Å². The number of aromatic nitrogens is 1. The number of nitrogens with one attached hydrogen (secondary N) is 1. The van der Waals surface area contributed by atoms with Crippen molar-refractivity contribution < 1.29 is 13.9 Å². The largest absolute Gasteiger partial charge is 0.424 e. The lowest BCUT2D eigenvalue weighted by Crippen LogP contribution is -2.29. The van der Waals surface area contributed by atoms with Crippen LogP contribution in [0.25, 0.3) is 11.1 Å². The smallest absolute Gasteiger partial charge is 0.295 e. The summed E-state index contributed by atoms with van der Waals surface area (Å²) in [5.74, 6) is 0.471. The minimum absolute atomic E-state index is 0.192. The molecule has 0 bridgehead atoms. The average molecular weight is 303 g/mol. The number of aryl methyl sites for hydroxylation is 1. The molecular weight excluding hydrogens is 282 g/mol. The Morgan fingerprint density at radius 1 is 1.50 bits per heavy atom. The summed E-state index contributed by atoms with van der Waals surface area (Å²) in [6.07, 6.45) is 0.566. The van der Waals surface area contributed by atoms with Crippen LogP contribution >= 0.6 is 0 Å². The molecule has 2 heterocycles. The van der Waals surface area contributed by atoms with Gasteiger partial charge in [0, 0.05) is 39.1 Å². The van der Waals surface area contributed by atoms with E-state index in [0.29, 0.717) is 32.1 Å². The van der Waals surface area contributed by atoms with Gasteiger partial charge in [0.2, 0.25) is 5.91 Å². The summed E-state index contributed by atoms with van der Waals surface area (Å²) in [4.78, 5) is 18.2. The topological polar surface area (TPSA) is 67.6 Å². The van der Waals surface area contributed by atoms with Gasteiger partial charge in [0.15, 0.2) is 5.58 Å². The Kier molecular flexibility index (Phi) is 4.29. The molecule has 1 N–H and O–H groups in total. The first-order valence-corrected chi connectivity index (χ1v) is 7.53. The van der Waals surface area contributed by atoms with Gasteiger partial charge in [-0.2, -0.15) is 4.98 Å². The van der Waals surface area contributed by atoms with Crippen molar-refractivity contribution in [2.24, 2.45) is 5.92 Å². The number of methoxy groups -OCH3 is 1. The molecular formula is C16H21N3O3. The van der Waals surface area contributed by atoms with Crippen LogP contribution in [0.1, 0.15) is 12.0 Å². The van der Waals surface area contributed by atoms with Gasteiger partial charge < -0.3 is 19.4 Å². The van der Waals surface area contributed by atoms with Crippen LogP contribution < -0.4 is 5.32 Å². The van der Waals surface area contributed by atoms with Crippen molar-refractivity contribution in [1.29, 1.82) is 0 Å². The maximum atomic E-state index is 11.9. The normalized spacial score (nSPS) is 18.4. The van der Waals surface area contributed by atoms with E-state index in [-0.39, 0.29) is 11.8 Å². The number of anilines is 1. The van der Waals surface area contributed by atoms with Crippen molar-refractivity contribution in [2.45, 2.75) is 13.3 Å². The highest BCUT2D eigenvalue weighted by atomic mass is 16.5. The number of likely N-dealkylation sites (tertiary alicyclic amines) is 1. The molecule has 2 aromatic rings. The standard InChI is InChI=1S/C16H21N3O3/c1-11-3-4-14-13(7-11)18-16(22-14)17-9-12-8-15(20)19(10-12)5-6-21-2/h3-4,7,12H,5-6,8-10H2,1-2H3,(H,17,18). The second kappa shape index (κ2) is 6.36. The number of hydrogen-bond donors (Lipinski definition) is 1. The molecule has 0 saturated carbocycles. The van der Waals surface area contributed by atoms with E-state index in [2.05, 4.69) is 10.3 Å². The van der Waals surface area contributed by atoms with Crippen LogP contribution in [-0.4, -0.2) is 49.1 Å². The van der Waals surface area contributed by atoms with E-state index in [1.807, 2.05) is 30.0 Å². The number of ether oxygens (including phenoxy) is 1. The molecule has 6 nitrogen and oxygen atoms in total. The van der Waals surface area contributed by atoms with Crippen molar-refractivity contribution in [3.8, 4) is 0 Å². The Hall–Kier alpha value is -2.08. The molecule has 1 aromatic heterocycles. The van der Waals surface area contributed by atoms with Crippen molar-refractivity contribution >= 4 is 23.0 Å². The van der Waals surface area contributed by atoms with Gasteiger partial charge in [0.1, 0.15) is 5.52 Å². The quantitative estimate of drug-likeness (QED) is 0.884. The Morgan fingerprint density at radius 2 is 2.36 bits per heavy atom. The highest BCUT2D eigenvalue weighted by Crippen LogP contribution is 2.22. The molecule has 1 saturated heterocycles. The molecule has 118 valence electrons. The third kappa shape index (κ3) is 3.22. The van der Waals surface area contributed by atoms with E-state index in [1.54, 1.807) is 7.11 Å². The number of fused-ring (bicyclic) bond motifs is 1. The van der Waals surface area contributed by atoms with E-state index in [4.69, 9.17) is 9.15 Å². The molecule has 1 aliphatic rings. The Morgan fingerprint density at radius 3 is 3.18 bits per heavy atom. The maximum absolute atomic E-state index is 11.9. The summed E-state index contributed by atoms with van der Waals surface area (Å²) >= 11 is 0. The molecule has 0 aliphatic carbocycles. The second-order valence-electron chi connectivity index (χ2n) is 5.77. The fourth-order valence-electron chi connectivity index (χ4n) is 2.75. The van der Waals surface area contributed by atoms with E-state index < -0.39 is 0 Å². The van der Waals surface area contributed by atoms with Gasteiger partial charge in [-0.25, -0.2) is 0 Å². The van der Waals surface area contributed by atoms with Gasteiger partial charge in [-0.3, -0.25) is 4.79 Å². The number of oxazole rings is 1. The monoisotopic (exact) mass is 303 g/mol. The maximum Gasteiger partial charge on any atom is 0.295 e. The highest BCUT2D eigenvalue weighted by molar-refractivity contribution is 5.78. The Bertz CT molecular complexity index is 668. The second-order valence-corrected chi connectivity index (χ2v) is 5.77. The van der Waals surface area contributed by atoms with Crippen molar-refractivity contribution in [3.63, 3.8) is 0 Å². The van der Waals surface area contributed by atoms with Crippen LogP contribution in [0, 0.1) is 12.8 Å². The van der Waals surface area contributed by atoms with Gasteiger partial charge in [0.05, 0.1) is 6.61 Å². The summed E-state index contributed by atoms with van der Waals surface area (Å²) in [6.45, 7) is 4.71. The molecule has 22 heavy (non-hydrogen) atoms. The Labute approximate surface area is 129 Å². The Balaban J connectivity index is 1.56. The fraction of sp³-hybridized carbons (Fsp3) is 0.500. The predicted molar refractivity (Wildman–Crippen MR) is 83.8 cm³/mol. The molecule has 1 aromatic carbocycles. The summed E-state index contributed by atoms with van der Waals surface area (Å²) in [6, 6.07) is 6.44.